The Morgan fingerprint density at radius 1 is 1.00 bits per heavy atom. The Bertz CT molecular complexity index is 338. The number of rotatable bonds is 9. The van der Waals surface area contributed by atoms with Gasteiger partial charge in [0.1, 0.15) is 0 Å². The molecule has 0 rings (SSSR count). The standard InChI is InChI=1S/C14H32N2O2S/c1-11(2)8-13(9-12(3)4)15-10-14(5,6)16-19(7,17)18/h11-13,15-16H,8-10H2,1-7H3. The average Bonchev–Trinajstić information content (AvgIpc) is 2.08. The van der Waals surface area contributed by atoms with Gasteiger partial charge in [0.25, 0.3) is 0 Å². The number of hydrogen-bond donors (Lipinski definition) is 2. The van der Waals surface area contributed by atoms with E-state index in [9.17, 15) is 8.42 Å². The summed E-state index contributed by atoms with van der Waals surface area (Å²) in [5.41, 5.74) is -0.459. The van der Waals surface area contributed by atoms with Gasteiger partial charge in [-0.1, -0.05) is 27.7 Å². The van der Waals surface area contributed by atoms with E-state index < -0.39 is 15.6 Å². The van der Waals surface area contributed by atoms with Crippen LogP contribution in [-0.4, -0.2) is 32.8 Å². The summed E-state index contributed by atoms with van der Waals surface area (Å²) in [6, 6.07) is 0.445. The first-order chi connectivity index (χ1) is 8.41. The van der Waals surface area contributed by atoms with Gasteiger partial charge in [-0.3, -0.25) is 0 Å². The van der Waals surface area contributed by atoms with Crippen LogP contribution in [0.15, 0.2) is 0 Å². The lowest BCUT2D eigenvalue weighted by Crippen LogP contribution is -2.52. The highest BCUT2D eigenvalue weighted by Crippen LogP contribution is 2.14. The predicted molar refractivity (Wildman–Crippen MR) is 82.8 cm³/mol. The Kier molecular flexibility index (Phi) is 7.55. The Labute approximate surface area is 119 Å². The molecule has 4 nitrogen and oxygen atoms in total. The molecule has 0 aliphatic rings. The highest BCUT2D eigenvalue weighted by Gasteiger charge is 2.23. The molecule has 0 saturated carbocycles. The predicted octanol–water partition coefficient (Wildman–Crippen LogP) is 2.36. The summed E-state index contributed by atoms with van der Waals surface area (Å²) in [6.07, 6.45) is 3.44. The van der Waals surface area contributed by atoms with E-state index >= 15 is 0 Å². The van der Waals surface area contributed by atoms with Crippen LogP contribution in [0.3, 0.4) is 0 Å². The normalized spacial score (nSPS) is 13.8. The van der Waals surface area contributed by atoms with Crippen molar-refractivity contribution in [2.75, 3.05) is 12.8 Å². The first-order valence-electron chi connectivity index (χ1n) is 7.13. The van der Waals surface area contributed by atoms with Crippen molar-refractivity contribution in [1.29, 1.82) is 0 Å². The molecule has 0 heterocycles. The van der Waals surface area contributed by atoms with Gasteiger partial charge in [-0.15, -0.1) is 0 Å². The Morgan fingerprint density at radius 2 is 1.42 bits per heavy atom. The molecule has 19 heavy (non-hydrogen) atoms. The number of hydrogen-bond acceptors (Lipinski definition) is 3. The maximum Gasteiger partial charge on any atom is 0.209 e. The lowest BCUT2D eigenvalue weighted by molar-refractivity contribution is 0.322. The first kappa shape index (κ1) is 18.9. The smallest absolute Gasteiger partial charge is 0.209 e. The van der Waals surface area contributed by atoms with Crippen molar-refractivity contribution < 1.29 is 8.42 Å². The first-order valence-corrected chi connectivity index (χ1v) is 9.03. The van der Waals surface area contributed by atoms with Crippen molar-refractivity contribution >= 4 is 10.0 Å². The van der Waals surface area contributed by atoms with E-state index in [1.54, 1.807) is 0 Å². The molecule has 0 aromatic carbocycles. The zero-order chi connectivity index (χ0) is 15.3. The molecular weight excluding hydrogens is 260 g/mol. The molecule has 5 heteroatoms. The van der Waals surface area contributed by atoms with Crippen LogP contribution in [0.5, 0.6) is 0 Å². The van der Waals surface area contributed by atoms with Crippen LogP contribution in [0.25, 0.3) is 0 Å². The Balaban J connectivity index is 4.44. The van der Waals surface area contributed by atoms with Crippen LogP contribution >= 0.6 is 0 Å². The molecule has 0 aliphatic carbocycles. The quantitative estimate of drug-likeness (QED) is 0.686. The number of sulfonamides is 1. The molecule has 0 amide bonds. The maximum atomic E-state index is 11.3. The molecule has 0 atom stereocenters. The highest BCUT2D eigenvalue weighted by atomic mass is 32.2. The van der Waals surface area contributed by atoms with E-state index in [0.717, 1.165) is 12.8 Å². The Hall–Kier alpha value is -0.130. The van der Waals surface area contributed by atoms with Crippen LogP contribution in [-0.2, 0) is 10.0 Å². The summed E-state index contributed by atoms with van der Waals surface area (Å²) in [4.78, 5) is 0. The van der Waals surface area contributed by atoms with Crippen molar-refractivity contribution in [2.45, 2.75) is 66.0 Å². The summed E-state index contributed by atoms with van der Waals surface area (Å²) in [5, 5.41) is 3.52. The van der Waals surface area contributed by atoms with Crippen molar-refractivity contribution in [3.8, 4) is 0 Å². The van der Waals surface area contributed by atoms with Crippen LogP contribution in [0.4, 0.5) is 0 Å². The van der Waals surface area contributed by atoms with Gasteiger partial charge in [-0.2, -0.15) is 0 Å². The van der Waals surface area contributed by atoms with Crippen LogP contribution < -0.4 is 10.0 Å². The van der Waals surface area contributed by atoms with Crippen molar-refractivity contribution in [1.82, 2.24) is 10.0 Å². The van der Waals surface area contributed by atoms with E-state index in [-0.39, 0.29) is 0 Å². The van der Waals surface area contributed by atoms with Crippen LogP contribution in [0.1, 0.15) is 54.4 Å². The average molecular weight is 292 g/mol. The lowest BCUT2D eigenvalue weighted by atomic mass is 9.94. The number of nitrogens with one attached hydrogen (secondary N) is 2. The molecule has 0 spiro atoms. The van der Waals surface area contributed by atoms with Gasteiger partial charge in [-0.25, -0.2) is 13.1 Å². The van der Waals surface area contributed by atoms with Crippen molar-refractivity contribution in [2.24, 2.45) is 11.8 Å². The maximum absolute atomic E-state index is 11.3. The third-order valence-electron chi connectivity index (χ3n) is 2.81. The molecule has 0 fully saturated rings. The molecule has 0 unspecified atom stereocenters. The summed E-state index contributed by atoms with van der Waals surface area (Å²) in [5.74, 6) is 1.28. The SMILES string of the molecule is CC(C)CC(CC(C)C)NCC(C)(C)NS(C)(=O)=O. The van der Waals surface area contributed by atoms with E-state index in [1.165, 1.54) is 6.26 Å². The zero-order valence-corrected chi connectivity index (χ0v) is 14.4. The van der Waals surface area contributed by atoms with Crippen molar-refractivity contribution in [3.05, 3.63) is 0 Å². The molecule has 0 aliphatic heterocycles. The second-order valence-corrected chi connectivity index (χ2v) is 8.84. The third-order valence-corrected chi connectivity index (χ3v) is 3.73. The van der Waals surface area contributed by atoms with Gasteiger partial charge in [0.2, 0.25) is 10.0 Å². The van der Waals surface area contributed by atoms with Crippen LogP contribution in [0.2, 0.25) is 0 Å². The molecule has 0 radical (unpaired) electrons. The minimum Gasteiger partial charge on any atom is -0.312 e. The molecule has 116 valence electrons. The summed E-state index contributed by atoms with van der Waals surface area (Å²) < 4.78 is 25.3. The van der Waals surface area contributed by atoms with Gasteiger partial charge in [0.05, 0.1) is 6.26 Å². The van der Waals surface area contributed by atoms with E-state index in [1.807, 2.05) is 13.8 Å². The second-order valence-electron chi connectivity index (χ2n) is 7.10. The third kappa shape index (κ3) is 11.4. The largest absolute Gasteiger partial charge is 0.312 e. The summed E-state index contributed by atoms with van der Waals surface area (Å²) in [6.45, 7) is 13.3. The summed E-state index contributed by atoms with van der Waals surface area (Å²) >= 11 is 0. The fourth-order valence-electron chi connectivity index (χ4n) is 2.34. The van der Waals surface area contributed by atoms with Gasteiger partial charge < -0.3 is 5.32 Å². The monoisotopic (exact) mass is 292 g/mol. The molecule has 0 aromatic rings. The summed E-state index contributed by atoms with van der Waals surface area (Å²) in [7, 11) is -3.17. The van der Waals surface area contributed by atoms with Gasteiger partial charge in [-0.05, 0) is 38.5 Å². The second kappa shape index (κ2) is 7.60. The molecule has 0 aromatic heterocycles. The minimum atomic E-state index is -3.17. The van der Waals surface area contributed by atoms with Gasteiger partial charge in [0.15, 0.2) is 0 Å². The molecule has 2 N–H and O–H groups in total. The van der Waals surface area contributed by atoms with Crippen molar-refractivity contribution in [3.63, 3.8) is 0 Å². The lowest BCUT2D eigenvalue weighted by Gasteiger charge is -2.30. The molecule has 0 bridgehead atoms. The Morgan fingerprint density at radius 3 is 1.74 bits per heavy atom. The molecule has 0 saturated heterocycles. The minimum absolute atomic E-state index is 0.445. The van der Waals surface area contributed by atoms with Gasteiger partial charge in [0, 0.05) is 18.1 Å². The highest BCUT2D eigenvalue weighted by molar-refractivity contribution is 7.88. The van der Waals surface area contributed by atoms with Gasteiger partial charge >= 0.3 is 0 Å². The molecular formula is C14H32N2O2S. The fourth-order valence-corrected chi connectivity index (χ4v) is 3.41. The zero-order valence-electron chi connectivity index (χ0n) is 13.6. The van der Waals surface area contributed by atoms with E-state index in [2.05, 4.69) is 37.7 Å². The topological polar surface area (TPSA) is 58.2 Å². The van der Waals surface area contributed by atoms with Crippen LogP contribution in [0, 0.1) is 11.8 Å². The van der Waals surface area contributed by atoms with E-state index in [4.69, 9.17) is 0 Å². The van der Waals surface area contributed by atoms with E-state index in [0.29, 0.717) is 24.4 Å². The fraction of sp³-hybridized carbons (Fsp3) is 1.00.